The average Bonchev–Trinajstić information content (AvgIpc) is 3.10. The normalized spacial score (nSPS) is 15.3. The molecule has 1 fully saturated rings. The Kier molecular flexibility index (Phi) is 5.68. The van der Waals surface area contributed by atoms with Gasteiger partial charge in [-0.1, -0.05) is 0 Å². The highest BCUT2D eigenvalue weighted by Gasteiger charge is 2.38. The fourth-order valence-corrected chi connectivity index (χ4v) is 3.73. The number of amides is 1. The van der Waals surface area contributed by atoms with E-state index >= 15 is 0 Å². The van der Waals surface area contributed by atoms with Crippen LogP contribution in [0.2, 0.25) is 0 Å². The van der Waals surface area contributed by atoms with Crippen LogP contribution >= 0.6 is 0 Å². The SMILES string of the molecule is Cn1cc(NC(=O)c2c(N3CC(C(F)c4cc(F)cc(C(F)(F)F)c4)C3)cc[nH]c2=O)cn1. The molecule has 1 aliphatic rings. The van der Waals surface area contributed by atoms with E-state index in [2.05, 4.69) is 15.4 Å². The van der Waals surface area contributed by atoms with E-state index in [1.165, 1.54) is 29.3 Å². The number of aromatic nitrogens is 3. The van der Waals surface area contributed by atoms with E-state index in [1.54, 1.807) is 11.9 Å². The molecule has 1 aromatic carbocycles. The number of nitrogens with one attached hydrogen (secondary N) is 2. The average molecular weight is 467 g/mol. The molecule has 1 unspecified atom stereocenters. The van der Waals surface area contributed by atoms with Crippen LogP contribution in [0.3, 0.4) is 0 Å². The molecule has 12 heteroatoms. The summed E-state index contributed by atoms with van der Waals surface area (Å²) in [6, 6.07) is 3.12. The second-order valence-corrected chi connectivity index (χ2v) is 7.76. The number of halogens is 5. The first-order valence-corrected chi connectivity index (χ1v) is 9.81. The van der Waals surface area contributed by atoms with Crippen molar-refractivity contribution in [3.05, 3.63) is 75.7 Å². The summed E-state index contributed by atoms with van der Waals surface area (Å²) in [4.78, 5) is 29.0. The number of carbonyl (C=O) groups is 1. The largest absolute Gasteiger partial charge is 0.416 e. The number of nitrogens with zero attached hydrogens (tertiary/aromatic N) is 3. The van der Waals surface area contributed by atoms with Gasteiger partial charge < -0.3 is 15.2 Å². The fraction of sp³-hybridized carbons (Fsp3) is 0.286. The lowest BCUT2D eigenvalue weighted by Crippen LogP contribution is -2.50. The lowest BCUT2D eigenvalue weighted by molar-refractivity contribution is -0.137. The summed E-state index contributed by atoms with van der Waals surface area (Å²) in [5, 5.41) is 6.48. The lowest BCUT2D eigenvalue weighted by Gasteiger charge is -2.43. The molecule has 3 aromatic rings. The standard InChI is InChI=1S/C21H18F5N5O2/c1-30-10-15(7-28-30)29-20(33)17-16(2-3-27-19(17)32)31-8-12(9-31)18(23)11-4-13(21(24,25)26)6-14(22)5-11/h2-7,10,12,18H,8-9H2,1H3,(H,27,32)(H,29,33). The van der Waals surface area contributed by atoms with Crippen LogP contribution in [-0.4, -0.2) is 33.8 Å². The summed E-state index contributed by atoms with van der Waals surface area (Å²) in [5.41, 5.74) is -1.91. The van der Waals surface area contributed by atoms with E-state index in [0.717, 1.165) is 6.07 Å². The van der Waals surface area contributed by atoms with Gasteiger partial charge in [0, 0.05) is 38.4 Å². The number of benzene rings is 1. The van der Waals surface area contributed by atoms with E-state index in [-0.39, 0.29) is 24.3 Å². The fourth-order valence-electron chi connectivity index (χ4n) is 3.73. The Hall–Kier alpha value is -3.70. The third kappa shape index (κ3) is 4.59. The molecule has 0 bridgehead atoms. The Balaban J connectivity index is 1.51. The molecule has 2 aromatic heterocycles. The number of carbonyl (C=O) groups excluding carboxylic acids is 1. The second-order valence-electron chi connectivity index (χ2n) is 7.76. The molecule has 174 valence electrons. The van der Waals surface area contributed by atoms with Gasteiger partial charge in [-0.3, -0.25) is 14.3 Å². The monoisotopic (exact) mass is 467 g/mol. The smallest absolute Gasteiger partial charge is 0.370 e. The first-order chi connectivity index (χ1) is 15.5. The molecule has 0 saturated carbocycles. The molecule has 0 aliphatic carbocycles. The Bertz CT molecular complexity index is 1250. The molecule has 1 saturated heterocycles. The number of alkyl halides is 4. The molecule has 1 amide bonds. The Labute approximate surface area is 183 Å². The van der Waals surface area contributed by atoms with Crippen LogP contribution in [0.5, 0.6) is 0 Å². The van der Waals surface area contributed by atoms with Gasteiger partial charge in [-0.2, -0.15) is 18.3 Å². The van der Waals surface area contributed by atoms with E-state index in [0.29, 0.717) is 17.8 Å². The molecule has 7 nitrogen and oxygen atoms in total. The zero-order chi connectivity index (χ0) is 23.9. The molecule has 33 heavy (non-hydrogen) atoms. The van der Waals surface area contributed by atoms with Crippen molar-refractivity contribution in [2.24, 2.45) is 13.0 Å². The molecule has 1 atom stereocenters. The van der Waals surface area contributed by atoms with Gasteiger partial charge >= 0.3 is 6.18 Å². The number of hydrogen-bond donors (Lipinski definition) is 2. The molecule has 0 radical (unpaired) electrons. The summed E-state index contributed by atoms with van der Waals surface area (Å²) < 4.78 is 68.8. The molecule has 3 heterocycles. The molecule has 2 N–H and O–H groups in total. The number of rotatable bonds is 5. The van der Waals surface area contributed by atoms with Crippen molar-refractivity contribution in [1.29, 1.82) is 0 Å². The van der Waals surface area contributed by atoms with Crippen LogP contribution in [0.4, 0.5) is 33.3 Å². The van der Waals surface area contributed by atoms with E-state index < -0.39 is 46.7 Å². The van der Waals surface area contributed by atoms with E-state index in [4.69, 9.17) is 0 Å². The van der Waals surface area contributed by atoms with Crippen molar-refractivity contribution in [2.75, 3.05) is 23.3 Å². The number of anilines is 2. The van der Waals surface area contributed by atoms with E-state index in [9.17, 15) is 31.5 Å². The summed E-state index contributed by atoms with van der Waals surface area (Å²) in [6.07, 6.45) is -2.38. The van der Waals surface area contributed by atoms with Crippen molar-refractivity contribution >= 4 is 17.3 Å². The minimum atomic E-state index is -4.80. The number of aryl methyl sites for hydroxylation is 1. The van der Waals surface area contributed by atoms with Crippen LogP contribution in [0.25, 0.3) is 0 Å². The number of pyridine rings is 1. The van der Waals surface area contributed by atoms with Crippen molar-refractivity contribution in [1.82, 2.24) is 14.8 Å². The van der Waals surface area contributed by atoms with Crippen LogP contribution in [0.1, 0.15) is 27.7 Å². The summed E-state index contributed by atoms with van der Waals surface area (Å²) in [7, 11) is 1.65. The molecule has 0 spiro atoms. The van der Waals surface area contributed by atoms with Gasteiger partial charge in [0.25, 0.3) is 11.5 Å². The highest BCUT2D eigenvalue weighted by atomic mass is 19.4. The van der Waals surface area contributed by atoms with Crippen molar-refractivity contribution in [2.45, 2.75) is 12.3 Å². The maximum absolute atomic E-state index is 14.9. The predicted octanol–water partition coefficient (Wildman–Crippen LogP) is 3.67. The van der Waals surface area contributed by atoms with Crippen molar-refractivity contribution < 1.29 is 26.7 Å². The van der Waals surface area contributed by atoms with Gasteiger partial charge in [0.15, 0.2) is 0 Å². The van der Waals surface area contributed by atoms with Gasteiger partial charge in [0.2, 0.25) is 0 Å². The van der Waals surface area contributed by atoms with Gasteiger partial charge in [0.1, 0.15) is 17.6 Å². The number of hydrogen-bond acceptors (Lipinski definition) is 4. The minimum Gasteiger partial charge on any atom is -0.370 e. The lowest BCUT2D eigenvalue weighted by atomic mass is 9.88. The number of aromatic amines is 1. The molecule has 1 aliphatic heterocycles. The van der Waals surface area contributed by atoms with Gasteiger partial charge in [-0.25, -0.2) is 8.78 Å². The topological polar surface area (TPSA) is 83.0 Å². The highest BCUT2D eigenvalue weighted by molar-refractivity contribution is 6.07. The zero-order valence-electron chi connectivity index (χ0n) is 17.2. The van der Waals surface area contributed by atoms with Gasteiger partial charge in [-0.05, 0) is 29.8 Å². The molecule has 4 rings (SSSR count). The predicted molar refractivity (Wildman–Crippen MR) is 109 cm³/mol. The Morgan fingerprint density at radius 3 is 2.64 bits per heavy atom. The Morgan fingerprint density at radius 2 is 2.00 bits per heavy atom. The van der Waals surface area contributed by atoms with Gasteiger partial charge in [0.05, 0.1) is 23.1 Å². The van der Waals surface area contributed by atoms with Crippen LogP contribution in [0.15, 0.2) is 47.7 Å². The summed E-state index contributed by atoms with van der Waals surface area (Å²) in [5.74, 6) is -2.62. The van der Waals surface area contributed by atoms with Crippen molar-refractivity contribution in [3.8, 4) is 0 Å². The first-order valence-electron chi connectivity index (χ1n) is 9.81. The van der Waals surface area contributed by atoms with E-state index in [1.807, 2.05) is 0 Å². The highest BCUT2D eigenvalue weighted by Crippen LogP contribution is 2.39. The molecular weight excluding hydrogens is 449 g/mol. The summed E-state index contributed by atoms with van der Waals surface area (Å²) in [6.45, 7) is 0.0469. The zero-order valence-corrected chi connectivity index (χ0v) is 17.2. The first kappa shape index (κ1) is 22.5. The maximum atomic E-state index is 14.9. The minimum absolute atomic E-state index is 0.0235. The quantitative estimate of drug-likeness (QED) is 0.561. The third-order valence-electron chi connectivity index (χ3n) is 5.36. The van der Waals surface area contributed by atoms with Crippen LogP contribution in [-0.2, 0) is 13.2 Å². The van der Waals surface area contributed by atoms with Crippen LogP contribution < -0.4 is 15.8 Å². The van der Waals surface area contributed by atoms with Gasteiger partial charge in [-0.15, -0.1) is 0 Å². The van der Waals surface area contributed by atoms with Crippen LogP contribution in [0, 0.1) is 11.7 Å². The number of H-pyrrole nitrogens is 1. The molecular formula is C21H18F5N5O2. The van der Waals surface area contributed by atoms with Crippen molar-refractivity contribution in [3.63, 3.8) is 0 Å². The Morgan fingerprint density at radius 1 is 1.27 bits per heavy atom. The third-order valence-corrected chi connectivity index (χ3v) is 5.36. The summed E-state index contributed by atoms with van der Waals surface area (Å²) >= 11 is 0. The second kappa shape index (κ2) is 8.34. The maximum Gasteiger partial charge on any atom is 0.416 e.